The van der Waals surface area contributed by atoms with E-state index in [1.807, 2.05) is 0 Å². The number of halogens is 1. The molecule has 0 radical (unpaired) electrons. The van der Waals surface area contributed by atoms with Crippen LogP contribution in [0.1, 0.15) is 16.1 Å². The van der Waals surface area contributed by atoms with Crippen LogP contribution in [0.15, 0.2) is 30.7 Å². The summed E-state index contributed by atoms with van der Waals surface area (Å²) in [4.78, 5) is 18.7. The van der Waals surface area contributed by atoms with Crippen molar-refractivity contribution in [3.63, 3.8) is 0 Å². The lowest BCUT2D eigenvalue weighted by atomic mass is 10.1. The van der Waals surface area contributed by atoms with Crippen LogP contribution in [0, 0.1) is 0 Å². The molecule has 0 spiro atoms. The maximum Gasteiger partial charge on any atom is 0.253 e. The van der Waals surface area contributed by atoms with Crippen molar-refractivity contribution in [2.45, 2.75) is 6.42 Å². The van der Waals surface area contributed by atoms with Gasteiger partial charge in [0.05, 0.1) is 11.9 Å². The zero-order valence-electron chi connectivity index (χ0n) is 9.61. The van der Waals surface area contributed by atoms with E-state index in [1.165, 1.54) is 0 Å². The van der Waals surface area contributed by atoms with Crippen molar-refractivity contribution in [1.82, 2.24) is 15.3 Å². The second-order valence-electron chi connectivity index (χ2n) is 3.81. The first kappa shape index (κ1) is 12.4. The van der Waals surface area contributed by atoms with E-state index in [2.05, 4.69) is 15.3 Å². The molecular weight excluding hydrogens is 252 g/mol. The fourth-order valence-corrected chi connectivity index (χ4v) is 1.75. The molecule has 0 aliphatic heterocycles. The van der Waals surface area contributed by atoms with Gasteiger partial charge in [-0.2, -0.15) is 0 Å². The van der Waals surface area contributed by atoms with Crippen LogP contribution in [0.5, 0.6) is 0 Å². The summed E-state index contributed by atoms with van der Waals surface area (Å²) in [6, 6.07) is 4.82. The van der Waals surface area contributed by atoms with Crippen molar-refractivity contribution in [2.75, 3.05) is 12.3 Å². The number of hydrogen-bond donors (Lipinski definition) is 3. The third-order valence-electron chi connectivity index (χ3n) is 2.49. The van der Waals surface area contributed by atoms with Crippen LogP contribution in [0.25, 0.3) is 0 Å². The van der Waals surface area contributed by atoms with Crippen molar-refractivity contribution < 1.29 is 4.79 Å². The number of nitrogens with zero attached hydrogens (tertiary/aromatic N) is 1. The Balaban J connectivity index is 1.91. The van der Waals surface area contributed by atoms with Crippen molar-refractivity contribution >= 4 is 23.2 Å². The van der Waals surface area contributed by atoms with Crippen LogP contribution >= 0.6 is 11.6 Å². The third kappa shape index (κ3) is 3.01. The van der Waals surface area contributed by atoms with Gasteiger partial charge in [0, 0.05) is 35.6 Å². The number of carbonyl (C=O) groups excluding carboxylic acids is 1. The molecule has 1 amide bonds. The zero-order valence-corrected chi connectivity index (χ0v) is 10.4. The molecule has 2 rings (SSSR count). The molecule has 0 atom stereocenters. The number of H-pyrrole nitrogens is 1. The Morgan fingerprint density at radius 2 is 2.33 bits per heavy atom. The van der Waals surface area contributed by atoms with Gasteiger partial charge in [-0.25, -0.2) is 4.98 Å². The number of nitrogen functional groups attached to an aromatic ring is 1. The van der Waals surface area contributed by atoms with Crippen LogP contribution in [-0.4, -0.2) is 22.4 Å². The summed E-state index contributed by atoms with van der Waals surface area (Å²) in [5.41, 5.74) is 7.51. The summed E-state index contributed by atoms with van der Waals surface area (Å²) >= 11 is 5.77. The zero-order chi connectivity index (χ0) is 13.0. The standard InChI is InChI=1S/C12H13ClN4O/c13-8-1-2-10(11(14)5-8)12(18)16-4-3-9-6-15-7-17-9/h1-2,5-7H,3-4,14H2,(H,15,17)(H,16,18). The second-order valence-corrected chi connectivity index (χ2v) is 4.25. The lowest BCUT2D eigenvalue weighted by Crippen LogP contribution is -2.26. The van der Waals surface area contributed by atoms with Gasteiger partial charge in [-0.15, -0.1) is 0 Å². The maximum absolute atomic E-state index is 11.8. The summed E-state index contributed by atoms with van der Waals surface area (Å²) in [6.07, 6.45) is 4.02. The molecule has 94 valence electrons. The Bertz CT molecular complexity index is 539. The minimum atomic E-state index is -0.205. The van der Waals surface area contributed by atoms with Crippen molar-refractivity contribution in [3.05, 3.63) is 47.0 Å². The first-order valence-electron chi connectivity index (χ1n) is 5.47. The van der Waals surface area contributed by atoms with Gasteiger partial charge in [-0.05, 0) is 18.2 Å². The minimum absolute atomic E-state index is 0.205. The Hall–Kier alpha value is -2.01. The number of hydrogen-bond acceptors (Lipinski definition) is 3. The summed E-state index contributed by atoms with van der Waals surface area (Å²) in [6.45, 7) is 0.517. The van der Waals surface area contributed by atoms with Gasteiger partial charge in [0.2, 0.25) is 0 Å². The van der Waals surface area contributed by atoms with Gasteiger partial charge in [-0.1, -0.05) is 11.6 Å². The minimum Gasteiger partial charge on any atom is -0.398 e. The summed E-state index contributed by atoms with van der Waals surface area (Å²) < 4.78 is 0. The predicted molar refractivity (Wildman–Crippen MR) is 70.5 cm³/mol. The number of carbonyl (C=O) groups is 1. The molecule has 0 fully saturated rings. The number of nitrogens with one attached hydrogen (secondary N) is 2. The molecule has 0 aliphatic carbocycles. The number of anilines is 1. The van der Waals surface area contributed by atoms with Crippen LogP contribution in [0.4, 0.5) is 5.69 Å². The lowest BCUT2D eigenvalue weighted by Gasteiger charge is -2.07. The quantitative estimate of drug-likeness (QED) is 0.734. The number of imidazole rings is 1. The van der Waals surface area contributed by atoms with Gasteiger partial charge in [0.25, 0.3) is 5.91 Å². The highest BCUT2D eigenvalue weighted by Crippen LogP contribution is 2.17. The number of rotatable bonds is 4. The number of aromatic amines is 1. The largest absolute Gasteiger partial charge is 0.398 e. The van der Waals surface area contributed by atoms with E-state index in [0.29, 0.717) is 29.2 Å². The van der Waals surface area contributed by atoms with E-state index in [9.17, 15) is 4.79 Å². The van der Waals surface area contributed by atoms with E-state index < -0.39 is 0 Å². The molecule has 0 unspecified atom stereocenters. The topological polar surface area (TPSA) is 83.8 Å². The van der Waals surface area contributed by atoms with E-state index >= 15 is 0 Å². The summed E-state index contributed by atoms with van der Waals surface area (Å²) in [5, 5.41) is 3.30. The molecule has 0 bridgehead atoms. The first-order valence-corrected chi connectivity index (χ1v) is 5.85. The van der Waals surface area contributed by atoms with E-state index in [1.54, 1.807) is 30.7 Å². The molecule has 0 saturated carbocycles. The summed E-state index contributed by atoms with van der Waals surface area (Å²) in [7, 11) is 0. The smallest absolute Gasteiger partial charge is 0.253 e. The van der Waals surface area contributed by atoms with Crippen LogP contribution < -0.4 is 11.1 Å². The molecule has 2 aromatic rings. The Morgan fingerprint density at radius 3 is 3.00 bits per heavy atom. The van der Waals surface area contributed by atoms with Gasteiger partial charge in [0.1, 0.15) is 0 Å². The Kier molecular flexibility index (Phi) is 3.84. The average Bonchev–Trinajstić information content (AvgIpc) is 2.81. The molecule has 0 aliphatic rings. The van der Waals surface area contributed by atoms with Crippen molar-refractivity contribution in [3.8, 4) is 0 Å². The highest BCUT2D eigenvalue weighted by atomic mass is 35.5. The second kappa shape index (κ2) is 5.55. The molecule has 4 N–H and O–H groups in total. The van der Waals surface area contributed by atoms with Crippen LogP contribution in [0.3, 0.4) is 0 Å². The number of aromatic nitrogens is 2. The van der Waals surface area contributed by atoms with Crippen molar-refractivity contribution in [2.24, 2.45) is 0 Å². The Morgan fingerprint density at radius 1 is 1.50 bits per heavy atom. The molecule has 1 aromatic heterocycles. The first-order chi connectivity index (χ1) is 8.66. The molecule has 0 saturated heterocycles. The van der Waals surface area contributed by atoms with E-state index in [4.69, 9.17) is 17.3 Å². The number of nitrogens with two attached hydrogens (primary N) is 1. The maximum atomic E-state index is 11.8. The molecule has 18 heavy (non-hydrogen) atoms. The molecule has 5 nitrogen and oxygen atoms in total. The highest BCUT2D eigenvalue weighted by molar-refractivity contribution is 6.31. The predicted octanol–water partition coefficient (Wildman–Crippen LogP) is 1.62. The summed E-state index contributed by atoms with van der Waals surface area (Å²) in [5.74, 6) is -0.205. The van der Waals surface area contributed by atoms with Gasteiger partial charge in [0.15, 0.2) is 0 Å². The molecular formula is C12H13ClN4O. The Labute approximate surface area is 109 Å². The fourth-order valence-electron chi connectivity index (χ4n) is 1.57. The van der Waals surface area contributed by atoms with E-state index in [-0.39, 0.29) is 5.91 Å². The van der Waals surface area contributed by atoms with Gasteiger partial charge >= 0.3 is 0 Å². The lowest BCUT2D eigenvalue weighted by molar-refractivity contribution is 0.0955. The number of benzene rings is 1. The van der Waals surface area contributed by atoms with E-state index in [0.717, 1.165) is 5.69 Å². The normalized spacial score (nSPS) is 10.3. The molecule has 1 heterocycles. The molecule has 1 aromatic carbocycles. The van der Waals surface area contributed by atoms with Gasteiger partial charge < -0.3 is 16.0 Å². The van der Waals surface area contributed by atoms with Crippen LogP contribution in [-0.2, 0) is 6.42 Å². The van der Waals surface area contributed by atoms with Gasteiger partial charge in [-0.3, -0.25) is 4.79 Å². The monoisotopic (exact) mass is 264 g/mol. The molecule has 6 heteroatoms. The number of amides is 1. The van der Waals surface area contributed by atoms with Crippen LogP contribution in [0.2, 0.25) is 5.02 Å². The fraction of sp³-hybridized carbons (Fsp3) is 0.167. The van der Waals surface area contributed by atoms with Crippen molar-refractivity contribution in [1.29, 1.82) is 0 Å². The SMILES string of the molecule is Nc1cc(Cl)ccc1C(=O)NCCc1cnc[nH]1. The average molecular weight is 265 g/mol. The third-order valence-corrected chi connectivity index (χ3v) is 2.73. The highest BCUT2D eigenvalue weighted by Gasteiger charge is 2.09.